The molecule has 0 unspecified atom stereocenters. The lowest BCUT2D eigenvalue weighted by molar-refractivity contribution is 0.0520. The van der Waals surface area contributed by atoms with E-state index in [0.717, 1.165) is 5.01 Å². The van der Waals surface area contributed by atoms with E-state index < -0.39 is 0 Å². The van der Waals surface area contributed by atoms with Gasteiger partial charge in [-0.05, 0) is 12.8 Å². The van der Waals surface area contributed by atoms with Gasteiger partial charge in [-0.25, -0.2) is 9.78 Å². The zero-order valence-corrected chi connectivity index (χ0v) is 11.2. The molecule has 4 nitrogen and oxygen atoms in total. The van der Waals surface area contributed by atoms with E-state index in [-0.39, 0.29) is 24.4 Å². The highest BCUT2D eigenvalue weighted by Crippen LogP contribution is 2.22. The highest BCUT2D eigenvalue weighted by Gasteiger charge is 2.17. The fourth-order valence-corrected chi connectivity index (χ4v) is 1.99. The third-order valence-corrected chi connectivity index (χ3v) is 2.96. The summed E-state index contributed by atoms with van der Waals surface area (Å²) in [5.74, 6) is -0.0675. The van der Waals surface area contributed by atoms with Crippen molar-refractivity contribution in [1.29, 1.82) is 0 Å². The van der Waals surface area contributed by atoms with E-state index in [1.165, 1.54) is 11.3 Å². The van der Waals surface area contributed by atoms with Crippen LogP contribution in [-0.4, -0.2) is 17.6 Å². The van der Waals surface area contributed by atoms with Crippen LogP contribution in [0.1, 0.15) is 42.3 Å². The Hall–Kier alpha value is -0.650. The van der Waals surface area contributed by atoms with Crippen LogP contribution in [0.4, 0.5) is 0 Å². The second-order valence-electron chi connectivity index (χ2n) is 3.56. The standard InChI is InChI=1S/C10H16N2O2S.ClH/c1-4-14-10(13)7-5-15-9(12-7)8(11)6(2)3;/h5-6,8H,4,11H2,1-3H3;1H/t8-;/m0./s1. The minimum atomic E-state index is -0.379. The third-order valence-electron chi connectivity index (χ3n) is 2.01. The first kappa shape index (κ1) is 15.3. The monoisotopic (exact) mass is 264 g/mol. The molecule has 0 aliphatic heterocycles. The van der Waals surface area contributed by atoms with Gasteiger partial charge in [-0.3, -0.25) is 0 Å². The second-order valence-corrected chi connectivity index (χ2v) is 4.45. The van der Waals surface area contributed by atoms with Crippen LogP contribution in [0.2, 0.25) is 0 Å². The number of hydrogen-bond donors (Lipinski definition) is 1. The minimum Gasteiger partial charge on any atom is -0.461 e. The zero-order chi connectivity index (χ0) is 11.4. The summed E-state index contributed by atoms with van der Waals surface area (Å²) in [5.41, 5.74) is 6.28. The molecule has 1 rings (SSSR count). The van der Waals surface area contributed by atoms with Crippen LogP contribution in [0, 0.1) is 5.92 Å². The van der Waals surface area contributed by atoms with Crippen LogP contribution in [0.25, 0.3) is 0 Å². The van der Waals surface area contributed by atoms with Gasteiger partial charge in [0.15, 0.2) is 5.69 Å². The third kappa shape index (κ3) is 3.73. The molecule has 1 aromatic heterocycles. The van der Waals surface area contributed by atoms with Crippen LogP contribution in [-0.2, 0) is 4.74 Å². The van der Waals surface area contributed by atoms with Crippen molar-refractivity contribution in [3.05, 3.63) is 16.1 Å². The van der Waals surface area contributed by atoms with Crippen LogP contribution < -0.4 is 5.73 Å². The molecule has 0 saturated carbocycles. The van der Waals surface area contributed by atoms with Crippen molar-refractivity contribution in [1.82, 2.24) is 4.98 Å². The fourth-order valence-electron chi connectivity index (χ4n) is 1.02. The maximum Gasteiger partial charge on any atom is 0.357 e. The van der Waals surface area contributed by atoms with Crippen LogP contribution in [0.15, 0.2) is 5.38 Å². The number of carbonyl (C=O) groups is 1. The first-order chi connectivity index (χ1) is 7.06. The van der Waals surface area contributed by atoms with Gasteiger partial charge in [0.05, 0.1) is 12.6 Å². The molecule has 1 aromatic rings. The molecule has 0 saturated heterocycles. The Bertz CT molecular complexity index is 341. The maximum absolute atomic E-state index is 11.3. The van der Waals surface area contributed by atoms with Crippen molar-refractivity contribution >= 4 is 29.7 Å². The molecule has 1 atom stereocenters. The molecule has 0 radical (unpaired) electrons. The van der Waals surface area contributed by atoms with Crippen molar-refractivity contribution < 1.29 is 9.53 Å². The molecule has 92 valence electrons. The number of nitrogens with two attached hydrogens (primary N) is 1. The van der Waals surface area contributed by atoms with E-state index in [4.69, 9.17) is 10.5 Å². The minimum absolute atomic E-state index is 0. The molecule has 0 spiro atoms. The zero-order valence-electron chi connectivity index (χ0n) is 9.60. The first-order valence-electron chi connectivity index (χ1n) is 4.94. The molecule has 0 aliphatic carbocycles. The van der Waals surface area contributed by atoms with Gasteiger partial charge in [0.25, 0.3) is 0 Å². The fraction of sp³-hybridized carbons (Fsp3) is 0.600. The topological polar surface area (TPSA) is 65.2 Å². The van der Waals surface area contributed by atoms with Gasteiger partial charge in [0.1, 0.15) is 5.01 Å². The quantitative estimate of drug-likeness (QED) is 0.848. The molecule has 1 heterocycles. The van der Waals surface area contributed by atoms with Crippen molar-refractivity contribution in [3.8, 4) is 0 Å². The van der Waals surface area contributed by atoms with Crippen molar-refractivity contribution in [2.45, 2.75) is 26.8 Å². The molecule has 16 heavy (non-hydrogen) atoms. The number of esters is 1. The van der Waals surface area contributed by atoms with Crippen molar-refractivity contribution in [3.63, 3.8) is 0 Å². The van der Waals surface area contributed by atoms with Gasteiger partial charge >= 0.3 is 5.97 Å². The van der Waals surface area contributed by atoms with Crippen LogP contribution in [0.5, 0.6) is 0 Å². The highest BCUT2D eigenvalue weighted by molar-refractivity contribution is 7.09. The second kappa shape index (κ2) is 6.83. The summed E-state index contributed by atoms with van der Waals surface area (Å²) in [4.78, 5) is 15.5. The highest BCUT2D eigenvalue weighted by atomic mass is 35.5. The van der Waals surface area contributed by atoms with E-state index in [1.807, 2.05) is 13.8 Å². The summed E-state index contributed by atoms with van der Waals surface area (Å²) >= 11 is 1.40. The number of hydrogen-bond acceptors (Lipinski definition) is 5. The first-order valence-corrected chi connectivity index (χ1v) is 5.82. The van der Waals surface area contributed by atoms with Crippen LogP contribution >= 0.6 is 23.7 Å². The smallest absolute Gasteiger partial charge is 0.357 e. The van der Waals surface area contributed by atoms with E-state index in [0.29, 0.717) is 18.2 Å². The van der Waals surface area contributed by atoms with Gasteiger partial charge in [-0.2, -0.15) is 0 Å². The summed E-state index contributed by atoms with van der Waals surface area (Å²) in [7, 11) is 0. The largest absolute Gasteiger partial charge is 0.461 e. The van der Waals surface area contributed by atoms with E-state index in [1.54, 1.807) is 12.3 Å². The van der Waals surface area contributed by atoms with Gasteiger partial charge in [0, 0.05) is 5.38 Å². The molecule has 2 N–H and O–H groups in total. The van der Waals surface area contributed by atoms with Crippen molar-refractivity contribution in [2.75, 3.05) is 6.61 Å². The number of halogens is 1. The normalized spacial score (nSPS) is 12.1. The Morgan fingerprint density at radius 2 is 2.25 bits per heavy atom. The predicted octanol–water partition coefficient (Wildman–Crippen LogP) is 2.40. The summed E-state index contributed by atoms with van der Waals surface area (Å²) in [6.45, 7) is 6.18. The lowest BCUT2D eigenvalue weighted by Gasteiger charge is -2.11. The Balaban J connectivity index is 0.00000225. The number of aromatic nitrogens is 1. The number of ether oxygens (including phenoxy) is 1. The summed E-state index contributed by atoms with van der Waals surface area (Å²) in [5, 5.41) is 2.48. The summed E-state index contributed by atoms with van der Waals surface area (Å²) in [6.07, 6.45) is 0. The van der Waals surface area contributed by atoms with E-state index in [9.17, 15) is 4.79 Å². The number of rotatable bonds is 4. The van der Waals surface area contributed by atoms with Gasteiger partial charge in [0.2, 0.25) is 0 Å². The Morgan fingerprint density at radius 1 is 1.62 bits per heavy atom. The molecule has 0 fully saturated rings. The SMILES string of the molecule is CCOC(=O)c1csc([C@@H](N)C(C)C)n1.Cl. The predicted molar refractivity (Wildman–Crippen MR) is 67.1 cm³/mol. The van der Waals surface area contributed by atoms with Crippen LogP contribution in [0.3, 0.4) is 0 Å². The maximum atomic E-state index is 11.3. The van der Waals surface area contributed by atoms with E-state index in [2.05, 4.69) is 4.98 Å². The molecule has 6 heteroatoms. The average Bonchev–Trinajstić information content (AvgIpc) is 2.65. The van der Waals surface area contributed by atoms with Gasteiger partial charge in [-0.15, -0.1) is 23.7 Å². The average molecular weight is 265 g/mol. The molecule has 0 aliphatic rings. The Morgan fingerprint density at radius 3 is 2.75 bits per heavy atom. The lowest BCUT2D eigenvalue weighted by Crippen LogP contribution is -2.16. The van der Waals surface area contributed by atoms with Gasteiger partial charge in [-0.1, -0.05) is 13.8 Å². The molecule has 0 aromatic carbocycles. The number of thiazole rings is 1. The molecule has 0 amide bonds. The number of nitrogens with zero attached hydrogens (tertiary/aromatic N) is 1. The van der Waals surface area contributed by atoms with Crippen molar-refractivity contribution in [2.24, 2.45) is 11.7 Å². The summed E-state index contributed by atoms with van der Waals surface area (Å²) < 4.78 is 4.85. The Labute approximate surface area is 106 Å². The van der Waals surface area contributed by atoms with E-state index >= 15 is 0 Å². The Kier molecular flexibility index (Phi) is 6.55. The summed E-state index contributed by atoms with van der Waals surface area (Å²) in [6, 6.07) is -0.113. The number of carbonyl (C=O) groups excluding carboxylic acids is 1. The molecular formula is C10H17ClN2O2S. The lowest BCUT2D eigenvalue weighted by atomic mass is 10.1. The van der Waals surface area contributed by atoms with Gasteiger partial charge < -0.3 is 10.5 Å². The molecule has 0 bridgehead atoms. The molecular weight excluding hydrogens is 248 g/mol.